The number of ether oxygens (including phenoxy) is 1. The van der Waals surface area contributed by atoms with Crippen molar-refractivity contribution in [3.63, 3.8) is 0 Å². The molecule has 0 aliphatic carbocycles. The molecule has 2 bridgehead atoms. The van der Waals surface area contributed by atoms with Crippen molar-refractivity contribution in [1.29, 1.82) is 0 Å². The number of carbonyl (C=O) groups is 2. The van der Waals surface area contributed by atoms with Crippen LogP contribution in [-0.4, -0.2) is 53.2 Å². The molecule has 2 amide bonds. The van der Waals surface area contributed by atoms with Gasteiger partial charge < -0.3 is 20.3 Å². The number of carbonyl (C=O) groups excluding carboxylic acids is 2. The minimum absolute atomic E-state index is 0.0178. The van der Waals surface area contributed by atoms with Gasteiger partial charge in [-0.3, -0.25) is 9.59 Å². The lowest BCUT2D eigenvalue weighted by Crippen LogP contribution is -2.55. The van der Waals surface area contributed by atoms with Crippen molar-refractivity contribution >= 4 is 29.2 Å². The Morgan fingerprint density at radius 1 is 1.13 bits per heavy atom. The van der Waals surface area contributed by atoms with Crippen LogP contribution >= 0.6 is 11.6 Å². The molecule has 3 heterocycles. The number of halogens is 6. The van der Waals surface area contributed by atoms with Crippen molar-refractivity contribution in [1.82, 2.24) is 15.6 Å². The van der Waals surface area contributed by atoms with Crippen LogP contribution in [0.2, 0.25) is 5.02 Å². The summed E-state index contributed by atoms with van der Waals surface area (Å²) in [6.07, 6.45) is -1.06. The van der Waals surface area contributed by atoms with E-state index in [1.807, 2.05) is 4.90 Å². The molecular formula is C25H26ClF5N4O3. The highest BCUT2D eigenvalue weighted by atomic mass is 35.5. The largest absolute Gasteiger partial charge is 0.476 e. The third kappa shape index (κ3) is 6.28. The number of nitrogens with one attached hydrogen (secondary N) is 2. The van der Waals surface area contributed by atoms with Gasteiger partial charge >= 0.3 is 6.18 Å². The number of hydrogen-bond acceptors (Lipinski definition) is 5. The number of benzene rings is 1. The van der Waals surface area contributed by atoms with Crippen LogP contribution in [0.15, 0.2) is 30.5 Å². The molecule has 1 aromatic heterocycles. The maximum absolute atomic E-state index is 14.9. The molecule has 2 aromatic rings. The highest BCUT2D eigenvalue weighted by Gasteiger charge is 2.44. The lowest BCUT2D eigenvalue weighted by atomic mass is 9.96. The van der Waals surface area contributed by atoms with E-state index >= 15 is 0 Å². The van der Waals surface area contributed by atoms with E-state index in [0.717, 1.165) is 31.2 Å². The predicted molar refractivity (Wildman–Crippen MR) is 129 cm³/mol. The van der Waals surface area contributed by atoms with Crippen LogP contribution in [0.5, 0.6) is 5.75 Å². The third-order valence-corrected chi connectivity index (χ3v) is 6.95. The van der Waals surface area contributed by atoms with Crippen LogP contribution in [0.1, 0.15) is 49.9 Å². The van der Waals surface area contributed by atoms with Crippen molar-refractivity contribution in [3.05, 3.63) is 52.7 Å². The Hall–Kier alpha value is -3.15. The molecule has 2 aliphatic heterocycles. The number of piperidine rings is 1. The fourth-order valence-corrected chi connectivity index (χ4v) is 5.11. The molecule has 2 N–H and O–H groups in total. The standard InChI is InChI=1S/C25H26ClF5N4O3/c1-24(2,38-20-6-3-14(27)8-18(20)26)23(37)34-15-9-16-4-5-17(10-15)35(16)21-19(28)7-13(11-32-21)22(36)33-12-25(29,30)31/h3,6-8,11,15-17H,4-5,9-10,12H2,1-2H3,(H,33,36)(H,34,37). The molecule has 0 radical (unpaired) electrons. The molecule has 0 saturated carbocycles. The second-order valence-corrected chi connectivity index (χ2v) is 10.4. The van der Waals surface area contributed by atoms with Gasteiger partial charge in [0, 0.05) is 24.3 Å². The summed E-state index contributed by atoms with van der Waals surface area (Å²) in [7, 11) is 0. The molecule has 7 nitrogen and oxygen atoms in total. The van der Waals surface area contributed by atoms with Crippen LogP contribution in [0.25, 0.3) is 0 Å². The Morgan fingerprint density at radius 2 is 1.79 bits per heavy atom. The molecule has 206 valence electrons. The zero-order chi connectivity index (χ0) is 27.8. The minimum atomic E-state index is -4.59. The van der Waals surface area contributed by atoms with Gasteiger partial charge in [-0.25, -0.2) is 13.8 Å². The number of fused-ring (bicyclic) bond motifs is 2. The van der Waals surface area contributed by atoms with E-state index < -0.39 is 41.8 Å². The van der Waals surface area contributed by atoms with E-state index in [9.17, 15) is 31.5 Å². The number of amides is 2. The van der Waals surface area contributed by atoms with Gasteiger partial charge in [0.25, 0.3) is 11.8 Å². The summed E-state index contributed by atoms with van der Waals surface area (Å²) >= 11 is 6.02. The lowest BCUT2D eigenvalue weighted by Gasteiger charge is -2.41. The highest BCUT2D eigenvalue weighted by molar-refractivity contribution is 6.32. The molecule has 38 heavy (non-hydrogen) atoms. The molecule has 2 atom stereocenters. The first-order valence-electron chi connectivity index (χ1n) is 12.0. The average Bonchev–Trinajstić information content (AvgIpc) is 3.08. The van der Waals surface area contributed by atoms with Gasteiger partial charge in [-0.1, -0.05) is 11.6 Å². The number of aromatic nitrogens is 1. The molecule has 4 rings (SSSR count). The maximum atomic E-state index is 14.9. The predicted octanol–water partition coefficient (Wildman–Crippen LogP) is 4.78. The second-order valence-electron chi connectivity index (χ2n) is 9.95. The Kier molecular flexibility index (Phi) is 7.74. The van der Waals surface area contributed by atoms with Crippen LogP contribution < -0.4 is 20.3 Å². The van der Waals surface area contributed by atoms with Crippen LogP contribution in [-0.2, 0) is 4.79 Å². The Labute approximate surface area is 220 Å². The third-order valence-electron chi connectivity index (χ3n) is 6.65. The molecule has 2 unspecified atom stereocenters. The van der Waals surface area contributed by atoms with Gasteiger partial charge in [0.05, 0.1) is 10.6 Å². The first-order chi connectivity index (χ1) is 17.7. The molecule has 13 heteroatoms. The Bertz CT molecular complexity index is 1210. The summed E-state index contributed by atoms with van der Waals surface area (Å²) in [5, 5.41) is 4.71. The average molecular weight is 561 g/mol. The summed E-state index contributed by atoms with van der Waals surface area (Å²) in [5.41, 5.74) is -1.62. The molecule has 2 aliphatic rings. The van der Waals surface area contributed by atoms with Crippen molar-refractivity contribution in [2.75, 3.05) is 11.4 Å². The van der Waals surface area contributed by atoms with Gasteiger partial charge in [-0.05, 0) is 63.8 Å². The van der Waals surface area contributed by atoms with E-state index in [0.29, 0.717) is 12.8 Å². The van der Waals surface area contributed by atoms with Crippen LogP contribution in [0.4, 0.5) is 27.8 Å². The van der Waals surface area contributed by atoms with E-state index in [1.54, 1.807) is 19.2 Å². The van der Waals surface area contributed by atoms with Gasteiger partial charge in [0.15, 0.2) is 17.2 Å². The Balaban J connectivity index is 1.39. The summed E-state index contributed by atoms with van der Waals surface area (Å²) in [5.74, 6) is -2.62. The molecule has 1 aromatic carbocycles. The summed E-state index contributed by atoms with van der Waals surface area (Å²) < 4.78 is 71.1. The lowest BCUT2D eigenvalue weighted by molar-refractivity contribution is -0.135. The fraction of sp³-hybridized carbons (Fsp3) is 0.480. The first-order valence-corrected chi connectivity index (χ1v) is 12.3. The summed E-state index contributed by atoms with van der Waals surface area (Å²) in [4.78, 5) is 30.8. The SMILES string of the molecule is CC(C)(Oc1ccc(F)cc1Cl)C(=O)NC1CC2CCC(C1)N2c1ncc(C(=O)NCC(F)(F)F)cc1F. The van der Waals surface area contributed by atoms with E-state index in [2.05, 4.69) is 10.3 Å². The normalized spacial score (nSPS) is 21.3. The topological polar surface area (TPSA) is 83.6 Å². The van der Waals surface area contributed by atoms with E-state index in [4.69, 9.17) is 16.3 Å². The van der Waals surface area contributed by atoms with Crippen molar-refractivity contribution in [2.45, 2.75) is 69.4 Å². The van der Waals surface area contributed by atoms with Crippen LogP contribution in [0, 0.1) is 11.6 Å². The van der Waals surface area contributed by atoms with Gasteiger partial charge in [0.2, 0.25) is 0 Å². The van der Waals surface area contributed by atoms with Crippen molar-refractivity contribution < 1.29 is 36.3 Å². The van der Waals surface area contributed by atoms with Crippen molar-refractivity contribution in [2.24, 2.45) is 0 Å². The monoisotopic (exact) mass is 560 g/mol. The quantitative estimate of drug-likeness (QED) is 0.476. The number of anilines is 1. The zero-order valence-electron chi connectivity index (χ0n) is 20.5. The molecule has 0 spiro atoms. The second kappa shape index (κ2) is 10.5. The molecule has 2 saturated heterocycles. The number of pyridine rings is 1. The maximum Gasteiger partial charge on any atom is 0.405 e. The van der Waals surface area contributed by atoms with Crippen LogP contribution in [0.3, 0.4) is 0 Å². The van der Waals surface area contributed by atoms with E-state index in [1.165, 1.54) is 12.1 Å². The number of nitrogens with zero attached hydrogens (tertiary/aromatic N) is 2. The molecule has 2 fully saturated rings. The first kappa shape index (κ1) is 27.9. The smallest absolute Gasteiger partial charge is 0.405 e. The minimum Gasteiger partial charge on any atom is -0.476 e. The van der Waals surface area contributed by atoms with Gasteiger partial charge in [-0.15, -0.1) is 0 Å². The number of hydrogen-bond donors (Lipinski definition) is 2. The van der Waals surface area contributed by atoms with Crippen molar-refractivity contribution in [3.8, 4) is 5.75 Å². The molecular weight excluding hydrogens is 535 g/mol. The summed E-state index contributed by atoms with van der Waals surface area (Å²) in [6, 6.07) is 3.99. The number of rotatable bonds is 7. The highest BCUT2D eigenvalue weighted by Crippen LogP contribution is 2.40. The fourth-order valence-electron chi connectivity index (χ4n) is 4.91. The Morgan fingerprint density at radius 3 is 2.37 bits per heavy atom. The van der Waals surface area contributed by atoms with Gasteiger partial charge in [0.1, 0.15) is 18.1 Å². The van der Waals surface area contributed by atoms with E-state index in [-0.39, 0.29) is 40.3 Å². The zero-order valence-corrected chi connectivity index (χ0v) is 21.3. The number of alkyl halides is 3. The summed E-state index contributed by atoms with van der Waals surface area (Å²) in [6.45, 7) is 1.60. The van der Waals surface area contributed by atoms with Gasteiger partial charge in [-0.2, -0.15) is 13.2 Å².